The zero-order valence-electron chi connectivity index (χ0n) is 20.7. The van der Waals surface area contributed by atoms with Gasteiger partial charge >= 0.3 is 6.03 Å². The van der Waals surface area contributed by atoms with E-state index in [9.17, 15) is 14.4 Å². The van der Waals surface area contributed by atoms with E-state index in [4.69, 9.17) is 0 Å². The molecule has 196 valence electrons. The standard InChI is InChI=1S/C27H29N7O3S/c1-2-21(35)31-16-9-6-10-17(16)32-25(36)24-23-22-19(11-12-28-26(22)38-24)34(27(37)33-23)20-13-18(29-14-30-20)15-7-4-3-5-8-15/h2-5,7-8,13-14,16-17,19,22,26,28H,1,6,9-12H2,(H,31,35)(H,32,36)(H,33,37)/t16-,17+,19?,22?,26?/m0/s1. The molecule has 11 heteroatoms. The largest absolute Gasteiger partial charge is 0.348 e. The summed E-state index contributed by atoms with van der Waals surface area (Å²) in [5.41, 5.74) is 2.35. The predicted octanol–water partition coefficient (Wildman–Crippen LogP) is 2.28. The lowest BCUT2D eigenvalue weighted by molar-refractivity contribution is -0.119. The third kappa shape index (κ3) is 4.45. The highest BCUT2D eigenvalue weighted by atomic mass is 32.2. The van der Waals surface area contributed by atoms with Gasteiger partial charge in [0.1, 0.15) is 12.1 Å². The fourth-order valence-electron chi connectivity index (χ4n) is 5.91. The molecule has 4 N–H and O–H groups in total. The zero-order valence-corrected chi connectivity index (χ0v) is 21.5. The molecule has 1 aromatic heterocycles. The van der Waals surface area contributed by atoms with Crippen LogP contribution in [0.15, 0.2) is 66.0 Å². The molecule has 4 aliphatic rings. The molecule has 0 radical (unpaired) electrons. The van der Waals surface area contributed by atoms with Gasteiger partial charge in [-0.1, -0.05) is 48.7 Å². The number of hydrogen-bond donors (Lipinski definition) is 4. The van der Waals surface area contributed by atoms with Crippen LogP contribution in [0.2, 0.25) is 0 Å². The van der Waals surface area contributed by atoms with Gasteiger partial charge in [-0.25, -0.2) is 14.8 Å². The number of urea groups is 1. The van der Waals surface area contributed by atoms with Crippen molar-refractivity contribution in [2.45, 2.75) is 49.2 Å². The Kier molecular flexibility index (Phi) is 6.62. The molecule has 4 amide bonds. The first kappa shape index (κ1) is 24.6. The van der Waals surface area contributed by atoms with Gasteiger partial charge in [0.15, 0.2) is 0 Å². The van der Waals surface area contributed by atoms with Crippen molar-refractivity contribution in [2.24, 2.45) is 5.92 Å². The second-order valence-corrected chi connectivity index (χ2v) is 11.0. The molecule has 2 saturated heterocycles. The molecule has 1 aliphatic carbocycles. The monoisotopic (exact) mass is 531 g/mol. The van der Waals surface area contributed by atoms with Gasteiger partial charge in [-0.05, 0) is 38.3 Å². The van der Waals surface area contributed by atoms with E-state index in [0.717, 1.165) is 43.5 Å². The average Bonchev–Trinajstić information content (AvgIpc) is 3.54. The fourth-order valence-corrected chi connectivity index (χ4v) is 7.31. The van der Waals surface area contributed by atoms with Gasteiger partial charge in [0.2, 0.25) is 5.91 Å². The smallest absolute Gasteiger partial charge is 0.327 e. The lowest BCUT2D eigenvalue weighted by Gasteiger charge is -2.45. The summed E-state index contributed by atoms with van der Waals surface area (Å²) < 4.78 is 0. The van der Waals surface area contributed by atoms with E-state index in [2.05, 4.69) is 37.8 Å². The van der Waals surface area contributed by atoms with Gasteiger partial charge in [-0.2, -0.15) is 0 Å². The van der Waals surface area contributed by atoms with E-state index in [1.54, 1.807) is 4.90 Å². The Morgan fingerprint density at radius 1 is 1.11 bits per heavy atom. The van der Waals surface area contributed by atoms with Gasteiger partial charge in [-0.15, -0.1) is 0 Å². The van der Waals surface area contributed by atoms with Crippen LogP contribution in [0, 0.1) is 5.92 Å². The Balaban J connectivity index is 1.26. The van der Waals surface area contributed by atoms with Gasteiger partial charge in [-0.3, -0.25) is 14.5 Å². The molecule has 3 unspecified atom stereocenters. The van der Waals surface area contributed by atoms with E-state index in [-0.39, 0.29) is 47.3 Å². The molecule has 2 aromatic rings. The maximum Gasteiger partial charge on any atom is 0.327 e. The van der Waals surface area contributed by atoms with Crippen LogP contribution in [-0.2, 0) is 9.59 Å². The Labute approximate surface area is 224 Å². The summed E-state index contributed by atoms with van der Waals surface area (Å²) in [5, 5.41) is 12.5. The van der Waals surface area contributed by atoms with Crippen LogP contribution in [0.3, 0.4) is 0 Å². The molecule has 6 rings (SSSR count). The van der Waals surface area contributed by atoms with Crippen molar-refractivity contribution in [2.75, 3.05) is 11.4 Å². The fraction of sp³-hybridized carbons (Fsp3) is 0.370. The second kappa shape index (κ2) is 10.2. The summed E-state index contributed by atoms with van der Waals surface area (Å²) in [6.45, 7) is 4.24. The minimum absolute atomic E-state index is 0.0390. The number of aromatic nitrogens is 2. The van der Waals surface area contributed by atoms with Crippen LogP contribution in [0.25, 0.3) is 11.3 Å². The summed E-state index contributed by atoms with van der Waals surface area (Å²) in [6, 6.07) is 10.9. The molecule has 1 aromatic carbocycles. The van der Waals surface area contributed by atoms with Gasteiger partial charge in [0.05, 0.1) is 22.0 Å². The summed E-state index contributed by atoms with van der Waals surface area (Å²) in [5.74, 6) is -0.00370. The van der Waals surface area contributed by atoms with Gasteiger partial charge in [0, 0.05) is 35.3 Å². The highest BCUT2D eigenvalue weighted by molar-refractivity contribution is 8.04. The Morgan fingerprint density at radius 3 is 2.68 bits per heavy atom. The van der Waals surface area contributed by atoms with Crippen molar-refractivity contribution in [1.82, 2.24) is 31.2 Å². The molecule has 4 heterocycles. The molecule has 0 bridgehead atoms. The highest BCUT2D eigenvalue weighted by Crippen LogP contribution is 2.47. The molecule has 3 fully saturated rings. The van der Waals surface area contributed by atoms with Crippen LogP contribution in [0.5, 0.6) is 0 Å². The van der Waals surface area contributed by atoms with Crippen LogP contribution in [0.1, 0.15) is 25.7 Å². The van der Waals surface area contributed by atoms with Crippen molar-refractivity contribution in [3.05, 3.63) is 66.0 Å². The number of hydrogen-bond acceptors (Lipinski definition) is 7. The van der Waals surface area contributed by atoms with E-state index in [1.807, 2.05) is 36.4 Å². The molecular weight excluding hydrogens is 502 g/mol. The van der Waals surface area contributed by atoms with Crippen molar-refractivity contribution >= 4 is 35.4 Å². The molecule has 3 aliphatic heterocycles. The van der Waals surface area contributed by atoms with Crippen molar-refractivity contribution in [1.29, 1.82) is 0 Å². The first-order chi connectivity index (χ1) is 18.5. The molecule has 5 atom stereocenters. The number of amides is 4. The molecule has 10 nitrogen and oxygen atoms in total. The number of nitrogens with zero attached hydrogens (tertiary/aromatic N) is 3. The number of anilines is 1. The van der Waals surface area contributed by atoms with Crippen LogP contribution in [0.4, 0.5) is 10.6 Å². The van der Waals surface area contributed by atoms with E-state index in [0.29, 0.717) is 16.4 Å². The summed E-state index contributed by atoms with van der Waals surface area (Å²) >= 11 is 1.46. The first-order valence-electron chi connectivity index (χ1n) is 12.9. The number of piperidine rings is 1. The van der Waals surface area contributed by atoms with Crippen LogP contribution in [-0.4, -0.2) is 57.9 Å². The quantitative estimate of drug-likeness (QED) is 0.421. The first-order valence-corrected chi connectivity index (χ1v) is 13.8. The molecule has 38 heavy (non-hydrogen) atoms. The topological polar surface area (TPSA) is 128 Å². The third-order valence-electron chi connectivity index (χ3n) is 7.66. The van der Waals surface area contributed by atoms with Gasteiger partial charge in [0.25, 0.3) is 5.91 Å². The lowest BCUT2D eigenvalue weighted by Crippen LogP contribution is -2.62. The van der Waals surface area contributed by atoms with Crippen LogP contribution < -0.4 is 26.2 Å². The average molecular weight is 532 g/mol. The number of nitrogens with one attached hydrogen (secondary N) is 4. The number of rotatable bonds is 6. The summed E-state index contributed by atoms with van der Waals surface area (Å²) in [7, 11) is 0. The van der Waals surface area contributed by atoms with Crippen molar-refractivity contribution in [3.8, 4) is 11.3 Å². The Hall–Kier alpha value is -3.70. The Bertz CT molecular complexity index is 1320. The second-order valence-electron chi connectivity index (χ2n) is 9.87. The lowest BCUT2D eigenvalue weighted by atomic mass is 9.86. The van der Waals surface area contributed by atoms with E-state index < -0.39 is 0 Å². The van der Waals surface area contributed by atoms with Crippen LogP contribution >= 0.6 is 11.8 Å². The minimum Gasteiger partial charge on any atom is -0.348 e. The predicted molar refractivity (Wildman–Crippen MR) is 145 cm³/mol. The Morgan fingerprint density at radius 2 is 1.89 bits per heavy atom. The number of thioether (sulfide) groups is 1. The highest BCUT2D eigenvalue weighted by Gasteiger charge is 2.52. The molecule has 0 spiro atoms. The molecular formula is C27H29N7O3S. The summed E-state index contributed by atoms with van der Waals surface area (Å²) in [6.07, 6.45) is 5.96. The number of benzene rings is 1. The maximum atomic E-state index is 13.5. The maximum absolute atomic E-state index is 13.5. The van der Waals surface area contributed by atoms with Crippen molar-refractivity contribution in [3.63, 3.8) is 0 Å². The van der Waals surface area contributed by atoms with E-state index in [1.165, 1.54) is 24.2 Å². The van der Waals surface area contributed by atoms with Gasteiger partial charge < -0.3 is 21.3 Å². The SMILES string of the molecule is C=CC(=O)N[C@H]1CCC[C@H]1NC(=O)C1=C2NC(=O)N(c3cc(-c4ccccc4)ncn3)C3CCNC(S1)C23. The summed E-state index contributed by atoms with van der Waals surface area (Å²) in [4.78, 5) is 49.9. The van der Waals surface area contributed by atoms with E-state index >= 15 is 0 Å². The number of carbonyl (C=O) groups excluding carboxylic acids is 3. The normalized spacial score (nSPS) is 27.9. The van der Waals surface area contributed by atoms with Crippen molar-refractivity contribution < 1.29 is 14.4 Å². The minimum atomic E-state index is -0.301. The number of carbonyl (C=O) groups is 3. The zero-order chi connectivity index (χ0) is 26.2. The molecule has 1 saturated carbocycles. The third-order valence-corrected chi connectivity index (χ3v) is 9.02.